The van der Waals surface area contributed by atoms with Crippen LogP contribution >= 0.6 is 0 Å². The smallest absolute Gasteiger partial charge is 0.406 e. The maximum absolute atomic E-state index is 13.7. The molecule has 1 aliphatic carbocycles. The van der Waals surface area contributed by atoms with Gasteiger partial charge >= 0.3 is 6.18 Å². The van der Waals surface area contributed by atoms with E-state index in [9.17, 15) is 18.0 Å². The number of nitrogens with one attached hydrogen (secondary N) is 3. The topological polar surface area (TPSA) is 79.8 Å². The van der Waals surface area contributed by atoms with E-state index in [2.05, 4.69) is 32.7 Å². The number of carbonyl (C=O) groups is 1. The average Bonchev–Trinajstić information content (AvgIpc) is 3.30. The van der Waals surface area contributed by atoms with Gasteiger partial charge in [0.1, 0.15) is 12.3 Å². The van der Waals surface area contributed by atoms with Gasteiger partial charge in [-0.3, -0.25) is 9.69 Å². The van der Waals surface area contributed by atoms with E-state index in [4.69, 9.17) is 9.47 Å². The Morgan fingerprint density at radius 2 is 1.86 bits per heavy atom. The molecule has 1 saturated carbocycles. The molecule has 2 aromatic carbocycles. The summed E-state index contributed by atoms with van der Waals surface area (Å²) in [5.41, 5.74) is 3.12. The number of amides is 1. The third-order valence-electron chi connectivity index (χ3n) is 9.02. The summed E-state index contributed by atoms with van der Waals surface area (Å²) in [7, 11) is 3.05. The monoisotopic (exact) mass is 609 g/mol. The highest BCUT2D eigenvalue weighted by molar-refractivity contribution is 5.95. The lowest BCUT2D eigenvalue weighted by Gasteiger charge is -2.58. The Hall–Kier alpha value is -3.88. The molecule has 8 nitrogen and oxygen atoms in total. The summed E-state index contributed by atoms with van der Waals surface area (Å²) in [6.45, 7) is 3.11. The van der Waals surface area contributed by atoms with Crippen LogP contribution in [-0.4, -0.2) is 80.6 Å². The highest BCUT2D eigenvalue weighted by Crippen LogP contribution is 2.41. The maximum atomic E-state index is 13.7. The van der Waals surface area contributed by atoms with Crippen molar-refractivity contribution in [2.75, 3.05) is 57.6 Å². The number of hydrogen-bond donors (Lipinski definition) is 3. The van der Waals surface area contributed by atoms with E-state index in [1.54, 1.807) is 43.4 Å². The fourth-order valence-corrected chi connectivity index (χ4v) is 6.71. The van der Waals surface area contributed by atoms with Crippen LogP contribution in [0, 0.1) is 17.3 Å². The lowest BCUT2D eigenvalue weighted by atomic mass is 9.75. The van der Waals surface area contributed by atoms with Gasteiger partial charge in [-0.2, -0.15) is 13.2 Å². The largest absolute Gasteiger partial charge is 0.495 e. The molecule has 3 fully saturated rings. The molecule has 44 heavy (non-hydrogen) atoms. The van der Waals surface area contributed by atoms with Gasteiger partial charge < -0.3 is 30.0 Å². The van der Waals surface area contributed by atoms with E-state index in [-0.39, 0.29) is 18.5 Å². The molecule has 2 saturated heterocycles. The lowest BCUT2D eigenvalue weighted by Crippen LogP contribution is -2.68. The third-order valence-corrected chi connectivity index (χ3v) is 9.02. The highest BCUT2D eigenvalue weighted by atomic mass is 19.4. The number of benzene rings is 2. The zero-order chi connectivity index (χ0) is 30.9. The number of methoxy groups -OCH3 is 1. The van der Waals surface area contributed by atoms with Crippen molar-refractivity contribution in [2.24, 2.45) is 5.41 Å². The quantitative estimate of drug-likeness (QED) is 0.309. The van der Waals surface area contributed by atoms with Crippen LogP contribution in [0.4, 0.5) is 24.5 Å². The molecule has 1 spiro atoms. The van der Waals surface area contributed by atoms with Crippen molar-refractivity contribution in [3.8, 4) is 17.6 Å². The van der Waals surface area contributed by atoms with Crippen LogP contribution in [0.5, 0.6) is 5.75 Å². The second-order valence-corrected chi connectivity index (χ2v) is 12.2. The van der Waals surface area contributed by atoms with Gasteiger partial charge in [-0.05, 0) is 68.0 Å². The van der Waals surface area contributed by atoms with Crippen LogP contribution in [0.25, 0.3) is 10.9 Å². The zero-order valence-electron chi connectivity index (χ0n) is 25.0. The first-order valence-corrected chi connectivity index (χ1v) is 15.1. The Labute approximate surface area is 255 Å². The van der Waals surface area contributed by atoms with E-state index in [0.29, 0.717) is 39.7 Å². The van der Waals surface area contributed by atoms with Gasteiger partial charge in [0.05, 0.1) is 43.8 Å². The van der Waals surface area contributed by atoms with Crippen molar-refractivity contribution < 1.29 is 27.4 Å². The predicted molar refractivity (Wildman–Crippen MR) is 164 cm³/mol. The number of rotatable bonds is 8. The van der Waals surface area contributed by atoms with Gasteiger partial charge in [0.2, 0.25) is 0 Å². The van der Waals surface area contributed by atoms with Gasteiger partial charge in [0, 0.05) is 54.3 Å². The Bertz CT molecular complexity index is 1570. The molecule has 0 unspecified atom stereocenters. The highest BCUT2D eigenvalue weighted by Gasteiger charge is 2.50. The zero-order valence-corrected chi connectivity index (χ0v) is 25.0. The molecule has 0 atom stereocenters. The molecule has 3 aliphatic rings. The van der Waals surface area contributed by atoms with Gasteiger partial charge in [-0.1, -0.05) is 12.0 Å². The SMILES string of the molecule is CNC(=O)c1ccc(NCC#Cc2cc3c(N[C@H]4CC[C@H](N5CC6(COC6)C5)CC4)cccc3n2CC(F)(F)F)c(OC)c1. The summed E-state index contributed by atoms with van der Waals surface area (Å²) in [5.74, 6) is 6.14. The maximum Gasteiger partial charge on any atom is 0.406 e. The number of aromatic nitrogens is 1. The summed E-state index contributed by atoms with van der Waals surface area (Å²) < 4.78 is 53.1. The molecule has 0 bridgehead atoms. The van der Waals surface area contributed by atoms with E-state index >= 15 is 0 Å². The lowest BCUT2D eigenvalue weighted by molar-refractivity contribution is -0.200. The van der Waals surface area contributed by atoms with Gasteiger partial charge in [-0.25, -0.2) is 0 Å². The molecular weight excluding hydrogens is 571 g/mol. The summed E-state index contributed by atoms with van der Waals surface area (Å²) in [6, 6.07) is 13.1. The van der Waals surface area contributed by atoms with Crippen molar-refractivity contribution in [1.82, 2.24) is 14.8 Å². The van der Waals surface area contributed by atoms with Crippen LogP contribution in [0.15, 0.2) is 42.5 Å². The number of fused-ring (bicyclic) bond motifs is 1. The Balaban J connectivity index is 1.15. The molecule has 3 N–H and O–H groups in total. The first-order valence-electron chi connectivity index (χ1n) is 15.1. The molecule has 234 valence electrons. The fourth-order valence-electron chi connectivity index (χ4n) is 6.71. The number of anilines is 2. The summed E-state index contributed by atoms with van der Waals surface area (Å²) in [5, 5.41) is 10.1. The van der Waals surface area contributed by atoms with Crippen LogP contribution in [0.1, 0.15) is 41.7 Å². The fraction of sp³-hybridized carbons (Fsp3) is 0.485. The van der Waals surface area contributed by atoms with E-state index in [1.807, 2.05) is 6.07 Å². The number of likely N-dealkylation sites (tertiary alicyclic amines) is 1. The molecule has 0 radical (unpaired) electrons. The van der Waals surface area contributed by atoms with Crippen LogP contribution < -0.4 is 20.7 Å². The standard InChI is InChI=1S/C33H38F3N5O3/c1-37-31(42)22-8-13-28(30(15-22)43-2)38-14-4-5-25-16-26-27(6-3-7-29(26)41(25)19-33(34,35)36)39-23-9-11-24(12-10-23)40-17-32(18-40)20-44-21-32/h3,6-8,13,15-16,23-24,38-39H,9-12,14,17-21H2,1-2H3,(H,37,42)/t23-,24-. The van der Waals surface area contributed by atoms with Crippen molar-refractivity contribution in [2.45, 2.75) is 50.5 Å². The normalized spacial score (nSPS) is 21.1. The molecular formula is C33H38F3N5O3. The number of nitrogens with zero attached hydrogens (tertiary/aromatic N) is 2. The second kappa shape index (κ2) is 12.3. The Morgan fingerprint density at radius 1 is 1.09 bits per heavy atom. The molecule has 2 aliphatic heterocycles. The van der Waals surface area contributed by atoms with Gasteiger partial charge in [0.25, 0.3) is 5.91 Å². The minimum absolute atomic E-state index is 0.169. The van der Waals surface area contributed by atoms with Crippen molar-refractivity contribution in [1.29, 1.82) is 0 Å². The van der Waals surface area contributed by atoms with Crippen LogP contribution in [0.3, 0.4) is 0 Å². The molecule has 11 heteroatoms. The predicted octanol–water partition coefficient (Wildman–Crippen LogP) is 5.09. The van der Waals surface area contributed by atoms with Gasteiger partial charge in [0.15, 0.2) is 0 Å². The number of halogens is 3. The summed E-state index contributed by atoms with van der Waals surface area (Å²) >= 11 is 0. The third kappa shape index (κ3) is 6.33. The van der Waals surface area contributed by atoms with Crippen LogP contribution in [0.2, 0.25) is 0 Å². The van der Waals surface area contributed by atoms with Crippen molar-refractivity contribution in [3.05, 3.63) is 53.7 Å². The number of ether oxygens (including phenoxy) is 2. The molecule has 1 amide bonds. The summed E-state index contributed by atoms with van der Waals surface area (Å²) in [4.78, 5) is 14.5. The van der Waals surface area contributed by atoms with Crippen molar-refractivity contribution >= 4 is 28.2 Å². The Kier molecular flexibility index (Phi) is 8.40. The second-order valence-electron chi connectivity index (χ2n) is 12.2. The molecule has 1 aromatic heterocycles. The summed E-state index contributed by atoms with van der Waals surface area (Å²) in [6.07, 6.45) is -0.124. The van der Waals surface area contributed by atoms with Crippen LogP contribution in [-0.2, 0) is 11.3 Å². The first-order chi connectivity index (χ1) is 21.2. The number of alkyl halides is 3. The average molecular weight is 610 g/mol. The first kappa shape index (κ1) is 30.2. The number of carbonyl (C=O) groups excluding carboxylic acids is 1. The number of hydrogen-bond acceptors (Lipinski definition) is 6. The minimum Gasteiger partial charge on any atom is -0.495 e. The molecule has 6 rings (SSSR count). The van der Waals surface area contributed by atoms with Gasteiger partial charge in [-0.15, -0.1) is 0 Å². The molecule has 3 heterocycles. The Morgan fingerprint density at radius 3 is 2.52 bits per heavy atom. The van der Waals surface area contributed by atoms with E-state index < -0.39 is 12.7 Å². The van der Waals surface area contributed by atoms with Crippen molar-refractivity contribution in [3.63, 3.8) is 0 Å². The molecule has 3 aromatic rings. The van der Waals surface area contributed by atoms with E-state index in [1.165, 1.54) is 11.7 Å². The minimum atomic E-state index is -4.40. The van der Waals surface area contributed by atoms with E-state index in [0.717, 1.165) is 63.1 Å².